The summed E-state index contributed by atoms with van der Waals surface area (Å²) in [6.45, 7) is 4.35. The van der Waals surface area contributed by atoms with Crippen LogP contribution in [0.3, 0.4) is 0 Å². The van der Waals surface area contributed by atoms with Crippen molar-refractivity contribution in [3.8, 4) is 12.3 Å². The number of aliphatic hydroxyl groups excluding tert-OH is 1. The van der Waals surface area contributed by atoms with E-state index in [4.69, 9.17) is 11.5 Å². The summed E-state index contributed by atoms with van der Waals surface area (Å²) >= 11 is 0. The molecule has 1 heteroatoms. The average molecular weight is 126 g/mol. The fourth-order valence-electron chi connectivity index (χ4n) is 0.662. The Morgan fingerprint density at radius 2 is 2.11 bits per heavy atom. The second-order valence-corrected chi connectivity index (χ2v) is 2.59. The van der Waals surface area contributed by atoms with E-state index in [0.717, 1.165) is 0 Å². The molecule has 0 fully saturated rings. The minimum Gasteiger partial charge on any atom is -0.396 e. The molecule has 0 saturated carbocycles. The molecule has 0 spiro atoms. The van der Waals surface area contributed by atoms with Crippen molar-refractivity contribution >= 4 is 0 Å². The highest BCUT2D eigenvalue weighted by Gasteiger charge is 2.09. The summed E-state index contributed by atoms with van der Waals surface area (Å²) in [5.41, 5.74) is 0. The maximum absolute atomic E-state index is 8.73. The Bertz CT molecular complexity index is 99.6. The third-order valence-electron chi connectivity index (χ3n) is 1.56. The van der Waals surface area contributed by atoms with Gasteiger partial charge in [-0.1, -0.05) is 13.8 Å². The normalized spacial score (nSPS) is 13.2. The summed E-state index contributed by atoms with van der Waals surface area (Å²) in [6, 6.07) is 0. The van der Waals surface area contributed by atoms with E-state index < -0.39 is 0 Å². The first-order valence-corrected chi connectivity index (χ1v) is 3.26. The lowest BCUT2D eigenvalue weighted by atomic mass is 9.94. The molecule has 0 aliphatic carbocycles. The Kier molecular flexibility index (Phi) is 4.17. The first kappa shape index (κ1) is 8.52. The van der Waals surface area contributed by atoms with E-state index in [-0.39, 0.29) is 12.5 Å². The van der Waals surface area contributed by atoms with Gasteiger partial charge in [0.1, 0.15) is 0 Å². The monoisotopic (exact) mass is 126 g/mol. The first-order valence-electron chi connectivity index (χ1n) is 3.26. The SMILES string of the molecule is C#CCC(CO)C(C)C. The summed E-state index contributed by atoms with van der Waals surface area (Å²) in [6.07, 6.45) is 5.77. The van der Waals surface area contributed by atoms with Crippen LogP contribution in [0.4, 0.5) is 0 Å². The molecule has 1 nitrogen and oxygen atoms in total. The maximum atomic E-state index is 8.73. The van der Waals surface area contributed by atoms with E-state index in [0.29, 0.717) is 12.3 Å². The van der Waals surface area contributed by atoms with E-state index in [1.807, 2.05) is 0 Å². The zero-order valence-electron chi connectivity index (χ0n) is 6.09. The van der Waals surface area contributed by atoms with Gasteiger partial charge in [0.2, 0.25) is 0 Å². The van der Waals surface area contributed by atoms with Crippen LogP contribution in [0.5, 0.6) is 0 Å². The largest absolute Gasteiger partial charge is 0.396 e. The van der Waals surface area contributed by atoms with Crippen molar-refractivity contribution in [2.24, 2.45) is 11.8 Å². The minimum atomic E-state index is 0.210. The molecular formula is C8H14O. The Labute approximate surface area is 57.1 Å². The molecule has 0 heterocycles. The molecule has 0 bridgehead atoms. The predicted molar refractivity (Wildman–Crippen MR) is 38.9 cm³/mol. The van der Waals surface area contributed by atoms with Crippen molar-refractivity contribution in [1.29, 1.82) is 0 Å². The highest BCUT2D eigenvalue weighted by atomic mass is 16.3. The van der Waals surface area contributed by atoms with Crippen molar-refractivity contribution in [1.82, 2.24) is 0 Å². The van der Waals surface area contributed by atoms with Gasteiger partial charge in [0.05, 0.1) is 0 Å². The highest BCUT2D eigenvalue weighted by molar-refractivity contribution is 4.87. The molecule has 0 aromatic rings. The summed E-state index contributed by atoms with van der Waals surface area (Å²) in [4.78, 5) is 0. The molecule has 52 valence electrons. The second-order valence-electron chi connectivity index (χ2n) is 2.59. The van der Waals surface area contributed by atoms with Gasteiger partial charge < -0.3 is 5.11 Å². The van der Waals surface area contributed by atoms with Gasteiger partial charge in [0.15, 0.2) is 0 Å². The Hall–Kier alpha value is -0.480. The van der Waals surface area contributed by atoms with Crippen molar-refractivity contribution in [2.75, 3.05) is 6.61 Å². The quantitative estimate of drug-likeness (QED) is 0.565. The van der Waals surface area contributed by atoms with E-state index >= 15 is 0 Å². The Balaban J connectivity index is 3.57. The zero-order valence-corrected chi connectivity index (χ0v) is 6.09. The number of hydrogen-bond acceptors (Lipinski definition) is 1. The topological polar surface area (TPSA) is 20.2 Å². The standard InChI is InChI=1S/C8H14O/c1-4-5-8(6-9)7(2)3/h1,7-9H,5-6H2,2-3H3. The number of hydrogen-bond donors (Lipinski definition) is 1. The third-order valence-corrected chi connectivity index (χ3v) is 1.56. The molecule has 0 aliphatic rings. The smallest absolute Gasteiger partial charge is 0.0470 e. The molecule has 1 atom stereocenters. The van der Waals surface area contributed by atoms with Crippen LogP contribution in [-0.4, -0.2) is 11.7 Å². The van der Waals surface area contributed by atoms with Gasteiger partial charge in [-0.15, -0.1) is 12.3 Å². The van der Waals surface area contributed by atoms with Gasteiger partial charge in [-0.2, -0.15) is 0 Å². The maximum Gasteiger partial charge on any atom is 0.0470 e. The van der Waals surface area contributed by atoms with Crippen molar-refractivity contribution in [3.05, 3.63) is 0 Å². The lowest BCUT2D eigenvalue weighted by molar-refractivity contribution is 0.193. The van der Waals surface area contributed by atoms with Crippen LogP contribution < -0.4 is 0 Å². The summed E-state index contributed by atoms with van der Waals surface area (Å²) < 4.78 is 0. The fraction of sp³-hybridized carbons (Fsp3) is 0.750. The molecule has 0 radical (unpaired) electrons. The van der Waals surface area contributed by atoms with Gasteiger partial charge in [-0.3, -0.25) is 0 Å². The van der Waals surface area contributed by atoms with E-state index in [1.165, 1.54) is 0 Å². The lowest BCUT2D eigenvalue weighted by Gasteiger charge is -2.13. The minimum absolute atomic E-state index is 0.210. The lowest BCUT2D eigenvalue weighted by Crippen LogP contribution is -2.11. The molecule has 0 aromatic carbocycles. The van der Waals surface area contributed by atoms with Crippen LogP contribution in [-0.2, 0) is 0 Å². The number of rotatable bonds is 3. The van der Waals surface area contributed by atoms with Crippen molar-refractivity contribution < 1.29 is 5.11 Å². The molecule has 9 heavy (non-hydrogen) atoms. The fourth-order valence-corrected chi connectivity index (χ4v) is 0.662. The number of terminal acetylenes is 1. The van der Waals surface area contributed by atoms with Gasteiger partial charge in [0, 0.05) is 13.0 Å². The Morgan fingerprint density at radius 3 is 2.22 bits per heavy atom. The predicted octanol–water partition coefficient (Wildman–Crippen LogP) is 1.27. The third kappa shape index (κ3) is 3.16. The van der Waals surface area contributed by atoms with Gasteiger partial charge in [-0.05, 0) is 11.8 Å². The Morgan fingerprint density at radius 1 is 1.56 bits per heavy atom. The average Bonchev–Trinajstić information content (AvgIpc) is 1.82. The van der Waals surface area contributed by atoms with E-state index in [1.54, 1.807) is 0 Å². The van der Waals surface area contributed by atoms with Crippen LogP contribution in [0.1, 0.15) is 20.3 Å². The van der Waals surface area contributed by atoms with Crippen molar-refractivity contribution in [3.63, 3.8) is 0 Å². The van der Waals surface area contributed by atoms with Crippen molar-refractivity contribution in [2.45, 2.75) is 20.3 Å². The molecular weight excluding hydrogens is 112 g/mol. The molecule has 0 amide bonds. The van der Waals surface area contributed by atoms with Gasteiger partial charge >= 0.3 is 0 Å². The molecule has 0 aliphatic heterocycles. The van der Waals surface area contributed by atoms with Crippen LogP contribution in [0, 0.1) is 24.2 Å². The second kappa shape index (κ2) is 4.40. The molecule has 0 aromatic heterocycles. The number of aliphatic hydroxyl groups is 1. The molecule has 1 N–H and O–H groups in total. The van der Waals surface area contributed by atoms with Crippen LogP contribution in [0.2, 0.25) is 0 Å². The van der Waals surface area contributed by atoms with Crippen LogP contribution in [0.25, 0.3) is 0 Å². The van der Waals surface area contributed by atoms with Crippen LogP contribution in [0.15, 0.2) is 0 Å². The molecule has 1 unspecified atom stereocenters. The first-order chi connectivity index (χ1) is 4.22. The van der Waals surface area contributed by atoms with Gasteiger partial charge in [-0.25, -0.2) is 0 Å². The zero-order chi connectivity index (χ0) is 7.28. The summed E-state index contributed by atoms with van der Waals surface area (Å²) in [5, 5.41) is 8.73. The molecule has 0 saturated heterocycles. The highest BCUT2D eigenvalue weighted by Crippen LogP contribution is 2.12. The van der Waals surface area contributed by atoms with Gasteiger partial charge in [0.25, 0.3) is 0 Å². The van der Waals surface area contributed by atoms with E-state index in [2.05, 4.69) is 19.8 Å². The summed E-state index contributed by atoms with van der Waals surface area (Å²) in [5.74, 6) is 3.32. The molecule has 0 rings (SSSR count). The van der Waals surface area contributed by atoms with E-state index in [9.17, 15) is 0 Å². The van der Waals surface area contributed by atoms with Crippen LogP contribution >= 0.6 is 0 Å². The summed E-state index contributed by atoms with van der Waals surface area (Å²) in [7, 11) is 0.